The maximum absolute atomic E-state index is 10.7. The van der Waals surface area contributed by atoms with Gasteiger partial charge in [-0.3, -0.25) is 9.69 Å². The molecule has 0 amide bonds. The van der Waals surface area contributed by atoms with Crippen molar-refractivity contribution in [3.63, 3.8) is 0 Å². The highest BCUT2D eigenvalue weighted by Crippen LogP contribution is 2.20. The second-order valence-electron chi connectivity index (χ2n) is 7.67. The van der Waals surface area contributed by atoms with Crippen molar-refractivity contribution < 1.29 is 14.6 Å². The van der Waals surface area contributed by atoms with Gasteiger partial charge in [0.05, 0.1) is 13.2 Å². The summed E-state index contributed by atoms with van der Waals surface area (Å²) in [6, 6.07) is 9.23. The van der Waals surface area contributed by atoms with Crippen molar-refractivity contribution in [1.29, 1.82) is 0 Å². The zero-order chi connectivity index (χ0) is 18.9. The molecule has 0 bridgehead atoms. The van der Waals surface area contributed by atoms with Crippen LogP contribution in [0.25, 0.3) is 0 Å². The van der Waals surface area contributed by atoms with Gasteiger partial charge in [0.25, 0.3) is 0 Å². The number of hydrogen-bond donors (Lipinski definition) is 1. The number of carboxylic acids is 1. The normalized spacial score (nSPS) is 22.4. The first-order valence-electron chi connectivity index (χ1n) is 10.2. The summed E-state index contributed by atoms with van der Waals surface area (Å²) in [6.45, 7) is 3.30. The van der Waals surface area contributed by atoms with Gasteiger partial charge in [-0.1, -0.05) is 48.6 Å². The zero-order valence-electron chi connectivity index (χ0n) is 16.1. The number of likely N-dealkylation sites (tertiary alicyclic amines) is 1. The molecule has 146 valence electrons. The Morgan fingerprint density at radius 2 is 2.00 bits per heavy atom. The summed E-state index contributed by atoms with van der Waals surface area (Å²) in [6.07, 6.45) is 14.3. The lowest BCUT2D eigenvalue weighted by Gasteiger charge is -2.24. The predicted octanol–water partition coefficient (Wildman–Crippen LogP) is 4.21. The van der Waals surface area contributed by atoms with E-state index >= 15 is 0 Å². The molecule has 0 saturated carbocycles. The number of hydrogen-bond acceptors (Lipinski definition) is 3. The van der Waals surface area contributed by atoms with Crippen LogP contribution in [0.4, 0.5) is 0 Å². The third-order valence-electron chi connectivity index (χ3n) is 5.50. The van der Waals surface area contributed by atoms with Gasteiger partial charge >= 0.3 is 5.97 Å². The van der Waals surface area contributed by atoms with Gasteiger partial charge in [0.2, 0.25) is 0 Å². The summed E-state index contributed by atoms with van der Waals surface area (Å²) < 4.78 is 5.97. The Kier molecular flexibility index (Phi) is 7.66. The van der Waals surface area contributed by atoms with Crippen molar-refractivity contribution in [2.45, 2.75) is 51.2 Å². The summed E-state index contributed by atoms with van der Waals surface area (Å²) >= 11 is 0. The fraction of sp³-hybridized carbons (Fsp3) is 0.522. The molecule has 1 aromatic carbocycles. The van der Waals surface area contributed by atoms with Crippen LogP contribution in [-0.2, 0) is 22.6 Å². The van der Waals surface area contributed by atoms with Crippen LogP contribution in [0.2, 0.25) is 0 Å². The van der Waals surface area contributed by atoms with E-state index in [0.717, 1.165) is 45.4 Å². The molecule has 0 spiro atoms. The summed E-state index contributed by atoms with van der Waals surface area (Å²) in [5, 5.41) is 8.78. The lowest BCUT2D eigenvalue weighted by molar-refractivity contribution is -0.137. The molecule has 4 heteroatoms. The Labute approximate surface area is 162 Å². The van der Waals surface area contributed by atoms with Crippen molar-refractivity contribution >= 4 is 5.97 Å². The predicted molar refractivity (Wildman–Crippen MR) is 108 cm³/mol. The second kappa shape index (κ2) is 10.4. The third-order valence-corrected chi connectivity index (χ3v) is 5.50. The van der Waals surface area contributed by atoms with Gasteiger partial charge in [-0.2, -0.15) is 0 Å². The van der Waals surface area contributed by atoms with Gasteiger partial charge in [0.15, 0.2) is 0 Å². The van der Waals surface area contributed by atoms with E-state index in [1.807, 2.05) is 0 Å². The summed E-state index contributed by atoms with van der Waals surface area (Å²) in [7, 11) is 0. The number of nitrogens with zero attached hydrogens (tertiary/aromatic N) is 1. The Balaban J connectivity index is 1.37. The number of allylic oxidation sites excluding steroid dienone is 4. The van der Waals surface area contributed by atoms with Gasteiger partial charge in [-0.15, -0.1) is 0 Å². The van der Waals surface area contributed by atoms with Crippen molar-refractivity contribution in [2.75, 3.05) is 19.7 Å². The minimum Gasteiger partial charge on any atom is -0.481 e. The first-order chi connectivity index (χ1) is 13.2. The van der Waals surface area contributed by atoms with Crippen molar-refractivity contribution in [1.82, 2.24) is 4.90 Å². The highest BCUT2D eigenvalue weighted by molar-refractivity contribution is 5.66. The molecular weight excluding hydrogens is 338 g/mol. The van der Waals surface area contributed by atoms with Gasteiger partial charge in [-0.05, 0) is 62.2 Å². The van der Waals surface area contributed by atoms with E-state index in [1.54, 1.807) is 0 Å². The minimum absolute atomic E-state index is 0.253. The Hall–Kier alpha value is -1.91. The van der Waals surface area contributed by atoms with E-state index in [1.165, 1.54) is 17.5 Å². The topological polar surface area (TPSA) is 49.8 Å². The zero-order valence-corrected chi connectivity index (χ0v) is 16.1. The molecule has 0 radical (unpaired) electrons. The molecule has 1 aliphatic carbocycles. The van der Waals surface area contributed by atoms with Gasteiger partial charge < -0.3 is 9.84 Å². The molecule has 4 nitrogen and oxygen atoms in total. The van der Waals surface area contributed by atoms with E-state index in [9.17, 15) is 4.79 Å². The van der Waals surface area contributed by atoms with E-state index in [0.29, 0.717) is 18.6 Å². The molecule has 2 aliphatic rings. The third kappa shape index (κ3) is 6.64. The molecule has 1 saturated heterocycles. The Morgan fingerprint density at radius 3 is 2.74 bits per heavy atom. The van der Waals surface area contributed by atoms with E-state index in [-0.39, 0.29) is 6.42 Å². The fourth-order valence-corrected chi connectivity index (χ4v) is 3.98. The van der Waals surface area contributed by atoms with Crippen LogP contribution in [0.5, 0.6) is 0 Å². The van der Waals surface area contributed by atoms with Crippen LogP contribution in [0, 0.1) is 5.92 Å². The highest BCUT2D eigenvalue weighted by atomic mass is 16.5. The fourth-order valence-electron chi connectivity index (χ4n) is 3.98. The largest absolute Gasteiger partial charge is 0.481 e. The van der Waals surface area contributed by atoms with Crippen molar-refractivity contribution in [2.24, 2.45) is 5.92 Å². The van der Waals surface area contributed by atoms with E-state index < -0.39 is 5.97 Å². The first-order valence-corrected chi connectivity index (χ1v) is 10.2. The molecular formula is C23H31NO3. The van der Waals surface area contributed by atoms with Crippen LogP contribution in [0.15, 0.2) is 48.6 Å². The first kappa shape index (κ1) is 19.8. The number of aliphatic carboxylic acids is 1. The van der Waals surface area contributed by atoms with Crippen LogP contribution in [-0.4, -0.2) is 41.7 Å². The van der Waals surface area contributed by atoms with Crippen LogP contribution in [0.1, 0.15) is 43.2 Å². The van der Waals surface area contributed by atoms with Gasteiger partial charge in [0.1, 0.15) is 0 Å². The smallest absolute Gasteiger partial charge is 0.303 e. The monoisotopic (exact) mass is 369 g/mol. The number of ether oxygens (including phenoxy) is 1. The molecule has 1 fully saturated rings. The number of rotatable bonds is 10. The lowest BCUT2D eigenvalue weighted by atomic mass is 9.93. The molecule has 1 heterocycles. The van der Waals surface area contributed by atoms with Crippen LogP contribution < -0.4 is 0 Å². The molecule has 1 aliphatic heterocycles. The maximum Gasteiger partial charge on any atom is 0.303 e. The summed E-state index contributed by atoms with van der Waals surface area (Å²) in [5.74, 6) is -0.0898. The molecule has 0 aromatic heterocycles. The molecule has 1 aromatic rings. The Morgan fingerprint density at radius 1 is 1.19 bits per heavy atom. The molecule has 3 rings (SSSR count). The maximum atomic E-state index is 10.7. The van der Waals surface area contributed by atoms with Gasteiger partial charge in [0, 0.05) is 12.5 Å². The average molecular weight is 370 g/mol. The summed E-state index contributed by atoms with van der Waals surface area (Å²) in [4.78, 5) is 13.1. The van der Waals surface area contributed by atoms with Crippen molar-refractivity contribution in [3.8, 4) is 0 Å². The lowest BCUT2D eigenvalue weighted by Crippen LogP contribution is -2.34. The molecule has 2 unspecified atom stereocenters. The number of carbonyl (C=O) groups is 1. The number of carboxylic acid groups (broad SMARTS) is 1. The van der Waals surface area contributed by atoms with Crippen LogP contribution >= 0.6 is 0 Å². The Bertz CT molecular complexity index is 650. The SMILES string of the molecule is O=C(O)CCCN1CCCC1COCc1ccc(CC2C=CC=CC2)cc1. The quantitative estimate of drug-likeness (QED) is 0.671. The average Bonchev–Trinajstić information content (AvgIpc) is 3.11. The summed E-state index contributed by atoms with van der Waals surface area (Å²) in [5.41, 5.74) is 2.59. The van der Waals surface area contributed by atoms with E-state index in [2.05, 4.69) is 53.5 Å². The van der Waals surface area contributed by atoms with Crippen molar-refractivity contribution in [3.05, 3.63) is 59.7 Å². The minimum atomic E-state index is -0.707. The van der Waals surface area contributed by atoms with Crippen LogP contribution in [0.3, 0.4) is 0 Å². The molecule has 27 heavy (non-hydrogen) atoms. The van der Waals surface area contributed by atoms with E-state index in [4.69, 9.17) is 9.84 Å². The van der Waals surface area contributed by atoms with Gasteiger partial charge in [-0.25, -0.2) is 0 Å². The standard InChI is InChI=1S/C23H31NO3/c25-23(26)9-5-15-24-14-4-8-22(24)18-27-17-21-12-10-20(11-13-21)16-19-6-2-1-3-7-19/h1-3,6,10-13,19,22H,4-5,7-9,14-18H2,(H,25,26). The molecule has 1 N–H and O–H groups in total. The highest BCUT2D eigenvalue weighted by Gasteiger charge is 2.24. The molecule has 2 atom stereocenters. The second-order valence-corrected chi connectivity index (χ2v) is 7.67. The number of benzene rings is 1.